The lowest BCUT2D eigenvalue weighted by Gasteiger charge is -2.24. The molecule has 0 aliphatic carbocycles. The number of ketones is 1. The fourth-order valence-corrected chi connectivity index (χ4v) is 6.81. The molecular weight excluding hydrogens is 600 g/mol. The monoisotopic (exact) mass is 632 g/mol. The Balaban J connectivity index is 1.50. The normalized spacial score (nSPS) is 19.1. The van der Waals surface area contributed by atoms with E-state index < -0.39 is 17.7 Å². The van der Waals surface area contributed by atoms with Crippen molar-refractivity contribution in [2.75, 3.05) is 18.1 Å². The van der Waals surface area contributed by atoms with Crippen LogP contribution >= 0.6 is 22.9 Å². The number of thiazole rings is 1. The lowest BCUT2D eigenvalue weighted by Crippen LogP contribution is -2.29. The molecule has 44 heavy (non-hydrogen) atoms. The minimum absolute atomic E-state index is 0.0128. The van der Waals surface area contributed by atoms with Crippen LogP contribution in [-0.4, -0.2) is 41.1 Å². The molecule has 2 aliphatic heterocycles. The smallest absolute Gasteiger partial charge is 0.301 e. The van der Waals surface area contributed by atoms with Gasteiger partial charge in [0.25, 0.3) is 5.78 Å². The predicted molar refractivity (Wildman–Crippen MR) is 172 cm³/mol. The summed E-state index contributed by atoms with van der Waals surface area (Å²) in [5, 5.41) is 12.6. The second-order valence-electron chi connectivity index (χ2n) is 11.4. The summed E-state index contributed by atoms with van der Waals surface area (Å²) in [5.74, 6) is 0.420. The van der Waals surface area contributed by atoms with E-state index in [1.807, 2.05) is 19.9 Å². The SMILES string of the molecule is CCOc1cc([C@H]2C(=C(O)c3ccc4c(c3)C[C@@H](C)O4)C(=O)C(=O)N2c2nc3ccc(Cl)cc3s2)ccc1OCCC(C)C. The standard InChI is InChI=1S/C34H33ClN2O6S/c1-5-41-27-16-20(6-11-26(27)42-13-12-18(2)3)30-29(31(38)21-7-10-25-22(15-21)14-19(4)43-25)32(39)33(40)37(30)34-36-24-9-8-23(35)17-28(24)44-34/h6-11,15-19,30,38H,5,12-14H2,1-4H3/t19-,30+/m1/s1. The van der Waals surface area contributed by atoms with Gasteiger partial charge in [0.1, 0.15) is 17.6 Å². The van der Waals surface area contributed by atoms with Crippen LogP contribution in [0.5, 0.6) is 17.2 Å². The van der Waals surface area contributed by atoms with Crippen LogP contribution in [0.1, 0.15) is 56.8 Å². The molecule has 1 fully saturated rings. The molecule has 1 amide bonds. The molecule has 2 atom stereocenters. The number of rotatable bonds is 9. The molecule has 6 rings (SSSR count). The molecule has 2 aliphatic rings. The van der Waals surface area contributed by atoms with Gasteiger partial charge >= 0.3 is 5.91 Å². The summed E-state index contributed by atoms with van der Waals surface area (Å²) in [6.07, 6.45) is 1.57. The zero-order chi connectivity index (χ0) is 31.1. The van der Waals surface area contributed by atoms with E-state index in [4.69, 9.17) is 25.8 Å². The molecule has 1 aromatic heterocycles. The summed E-state index contributed by atoms with van der Waals surface area (Å²) in [5.41, 5.74) is 2.54. The molecule has 0 radical (unpaired) electrons. The highest BCUT2D eigenvalue weighted by molar-refractivity contribution is 7.22. The number of halogens is 1. The Morgan fingerprint density at radius 3 is 2.70 bits per heavy atom. The molecule has 228 valence electrons. The summed E-state index contributed by atoms with van der Waals surface area (Å²) < 4.78 is 18.6. The summed E-state index contributed by atoms with van der Waals surface area (Å²) in [6.45, 7) is 9.01. The molecule has 0 bridgehead atoms. The quantitative estimate of drug-likeness (QED) is 0.115. The summed E-state index contributed by atoms with van der Waals surface area (Å²) in [4.78, 5) is 33.6. The van der Waals surface area contributed by atoms with Gasteiger partial charge in [-0.15, -0.1) is 0 Å². The van der Waals surface area contributed by atoms with Crippen LogP contribution in [0.4, 0.5) is 5.13 Å². The first-order valence-corrected chi connectivity index (χ1v) is 15.9. The maximum atomic E-state index is 13.8. The first kappa shape index (κ1) is 30.0. The van der Waals surface area contributed by atoms with Crippen molar-refractivity contribution in [3.63, 3.8) is 0 Å². The number of hydrogen-bond donors (Lipinski definition) is 1. The van der Waals surface area contributed by atoms with E-state index >= 15 is 0 Å². The van der Waals surface area contributed by atoms with Gasteiger partial charge in [0.2, 0.25) is 0 Å². The van der Waals surface area contributed by atoms with Gasteiger partial charge in [0.05, 0.1) is 35.0 Å². The number of aliphatic hydroxyl groups excluding tert-OH is 1. The van der Waals surface area contributed by atoms with Gasteiger partial charge in [-0.3, -0.25) is 14.5 Å². The molecule has 10 heteroatoms. The third-order valence-corrected chi connectivity index (χ3v) is 8.95. The van der Waals surface area contributed by atoms with Gasteiger partial charge in [-0.2, -0.15) is 0 Å². The van der Waals surface area contributed by atoms with Crippen LogP contribution in [0.15, 0.2) is 60.2 Å². The maximum absolute atomic E-state index is 13.8. The minimum atomic E-state index is -0.974. The summed E-state index contributed by atoms with van der Waals surface area (Å²) >= 11 is 7.48. The highest BCUT2D eigenvalue weighted by Gasteiger charge is 2.48. The number of carbonyl (C=O) groups excluding carboxylic acids is 2. The molecule has 4 aromatic rings. The lowest BCUT2D eigenvalue weighted by atomic mass is 9.94. The van der Waals surface area contributed by atoms with Crippen molar-refractivity contribution in [1.29, 1.82) is 0 Å². The number of benzene rings is 3. The third kappa shape index (κ3) is 5.62. The Morgan fingerprint density at radius 2 is 1.93 bits per heavy atom. The van der Waals surface area contributed by atoms with Crippen LogP contribution in [0.3, 0.4) is 0 Å². The van der Waals surface area contributed by atoms with Crippen molar-refractivity contribution in [3.05, 3.63) is 81.9 Å². The van der Waals surface area contributed by atoms with E-state index in [9.17, 15) is 14.7 Å². The molecule has 0 saturated carbocycles. The predicted octanol–water partition coefficient (Wildman–Crippen LogP) is 7.72. The Morgan fingerprint density at radius 1 is 1.11 bits per heavy atom. The second-order valence-corrected chi connectivity index (χ2v) is 12.8. The van der Waals surface area contributed by atoms with E-state index in [0.29, 0.717) is 63.8 Å². The number of nitrogens with zero attached hydrogens (tertiary/aromatic N) is 2. The Kier molecular flexibility index (Phi) is 8.26. The van der Waals surface area contributed by atoms with Crippen LogP contribution in [0, 0.1) is 5.92 Å². The second kappa shape index (κ2) is 12.1. The number of aromatic nitrogens is 1. The zero-order valence-electron chi connectivity index (χ0n) is 24.9. The van der Waals surface area contributed by atoms with E-state index in [2.05, 4.69) is 18.8 Å². The number of fused-ring (bicyclic) bond motifs is 2. The molecule has 8 nitrogen and oxygen atoms in total. The van der Waals surface area contributed by atoms with Gasteiger partial charge in [-0.05, 0) is 85.8 Å². The molecular formula is C34H33ClN2O6S. The van der Waals surface area contributed by atoms with Gasteiger partial charge in [0, 0.05) is 17.0 Å². The van der Waals surface area contributed by atoms with Gasteiger partial charge < -0.3 is 19.3 Å². The number of anilines is 1. The molecule has 0 spiro atoms. The number of amides is 1. The van der Waals surface area contributed by atoms with Crippen LogP contribution in [0.2, 0.25) is 5.02 Å². The van der Waals surface area contributed by atoms with E-state index in [-0.39, 0.29) is 17.4 Å². The van der Waals surface area contributed by atoms with E-state index in [0.717, 1.165) is 22.4 Å². The fraction of sp³-hybridized carbons (Fsp3) is 0.324. The minimum Gasteiger partial charge on any atom is -0.507 e. The number of hydrogen-bond acceptors (Lipinski definition) is 8. The first-order valence-electron chi connectivity index (χ1n) is 14.7. The highest BCUT2D eigenvalue weighted by Crippen LogP contribution is 2.46. The van der Waals surface area contributed by atoms with Crippen LogP contribution in [0.25, 0.3) is 16.0 Å². The lowest BCUT2D eigenvalue weighted by molar-refractivity contribution is -0.132. The number of ether oxygens (including phenoxy) is 3. The van der Waals surface area contributed by atoms with Crippen molar-refractivity contribution in [2.24, 2.45) is 5.92 Å². The molecule has 0 unspecified atom stereocenters. The fourth-order valence-electron chi connectivity index (χ4n) is 5.55. The highest BCUT2D eigenvalue weighted by atomic mass is 35.5. The average molecular weight is 633 g/mol. The molecule has 1 N–H and O–H groups in total. The van der Waals surface area contributed by atoms with Crippen molar-refractivity contribution >= 4 is 55.7 Å². The maximum Gasteiger partial charge on any atom is 0.301 e. The van der Waals surface area contributed by atoms with Crippen molar-refractivity contribution in [2.45, 2.75) is 52.7 Å². The first-order chi connectivity index (χ1) is 21.1. The third-order valence-electron chi connectivity index (χ3n) is 7.70. The Bertz CT molecular complexity index is 1800. The van der Waals surface area contributed by atoms with Gasteiger partial charge in [-0.25, -0.2) is 4.98 Å². The summed E-state index contributed by atoms with van der Waals surface area (Å²) in [6, 6.07) is 15.0. The van der Waals surface area contributed by atoms with E-state index in [1.165, 1.54) is 16.2 Å². The largest absolute Gasteiger partial charge is 0.507 e. The van der Waals surface area contributed by atoms with Crippen molar-refractivity contribution < 1.29 is 28.9 Å². The van der Waals surface area contributed by atoms with Gasteiger partial charge in [0.15, 0.2) is 16.6 Å². The van der Waals surface area contributed by atoms with Crippen LogP contribution in [-0.2, 0) is 16.0 Å². The summed E-state index contributed by atoms with van der Waals surface area (Å²) in [7, 11) is 0. The van der Waals surface area contributed by atoms with Crippen molar-refractivity contribution in [1.82, 2.24) is 4.98 Å². The number of carbonyl (C=O) groups is 2. The molecule has 3 aromatic carbocycles. The Hall–Kier alpha value is -4.08. The average Bonchev–Trinajstić information content (AvgIpc) is 3.65. The van der Waals surface area contributed by atoms with E-state index in [1.54, 1.807) is 48.5 Å². The molecule has 1 saturated heterocycles. The number of Topliss-reactive ketones (excluding diaryl/α,β-unsaturated/α-hetero) is 1. The van der Waals surface area contributed by atoms with Crippen LogP contribution < -0.4 is 19.1 Å². The molecule has 3 heterocycles. The number of aliphatic hydroxyl groups is 1. The Labute approximate surface area is 264 Å². The topological polar surface area (TPSA) is 98.2 Å². The zero-order valence-corrected chi connectivity index (χ0v) is 26.5. The van der Waals surface area contributed by atoms with Crippen molar-refractivity contribution in [3.8, 4) is 17.2 Å². The van der Waals surface area contributed by atoms with Gasteiger partial charge in [-0.1, -0.05) is 42.9 Å².